The van der Waals surface area contributed by atoms with E-state index in [-0.39, 0.29) is 6.54 Å². The summed E-state index contributed by atoms with van der Waals surface area (Å²) >= 11 is 0. The van der Waals surface area contributed by atoms with Crippen LogP contribution in [0, 0.1) is 0 Å². The van der Waals surface area contributed by atoms with Crippen molar-refractivity contribution in [2.75, 3.05) is 13.1 Å². The first-order chi connectivity index (χ1) is 6.38. The highest BCUT2D eigenvalue weighted by atomic mass is 19.4. The molecule has 0 bridgehead atoms. The lowest BCUT2D eigenvalue weighted by Crippen LogP contribution is -2.64. The first-order valence-electron chi connectivity index (χ1n) is 4.19. The molecule has 2 atom stereocenters. The quantitative estimate of drug-likeness (QED) is 0.657. The molecule has 4 nitrogen and oxygen atoms in total. The van der Waals surface area contributed by atoms with Crippen molar-refractivity contribution in [3.8, 4) is 0 Å². The molecule has 0 aromatic carbocycles. The number of hydrogen-bond acceptors (Lipinski definition) is 3. The summed E-state index contributed by atoms with van der Waals surface area (Å²) in [5, 5.41) is 0. The third kappa shape index (κ3) is 1.98. The summed E-state index contributed by atoms with van der Waals surface area (Å²) < 4.78 is 37.1. The van der Waals surface area contributed by atoms with Crippen LogP contribution >= 0.6 is 0 Å². The van der Waals surface area contributed by atoms with Crippen molar-refractivity contribution in [2.24, 2.45) is 11.5 Å². The first kappa shape index (κ1) is 11.3. The largest absolute Gasteiger partial charge is 0.405 e. The Morgan fingerprint density at radius 1 is 1.57 bits per heavy atom. The van der Waals surface area contributed by atoms with E-state index in [1.165, 1.54) is 0 Å². The van der Waals surface area contributed by atoms with Crippen molar-refractivity contribution < 1.29 is 18.0 Å². The Morgan fingerprint density at radius 3 is 2.36 bits per heavy atom. The van der Waals surface area contributed by atoms with Gasteiger partial charge in [-0.05, 0) is 6.42 Å². The van der Waals surface area contributed by atoms with Crippen LogP contribution in [0.3, 0.4) is 0 Å². The molecule has 0 aliphatic carbocycles. The summed E-state index contributed by atoms with van der Waals surface area (Å²) in [6.45, 7) is -0.331. The number of alkyl halides is 3. The van der Waals surface area contributed by atoms with Gasteiger partial charge in [-0.3, -0.25) is 9.69 Å². The van der Waals surface area contributed by atoms with E-state index >= 15 is 0 Å². The number of carbonyl (C=O) groups excluding carboxylic acids is 1. The summed E-state index contributed by atoms with van der Waals surface area (Å²) in [7, 11) is 0. The first-order valence-corrected chi connectivity index (χ1v) is 4.19. The van der Waals surface area contributed by atoms with Crippen LogP contribution in [0.4, 0.5) is 13.2 Å². The second-order valence-corrected chi connectivity index (χ2v) is 3.24. The van der Waals surface area contributed by atoms with E-state index in [4.69, 9.17) is 11.5 Å². The van der Waals surface area contributed by atoms with Gasteiger partial charge in [0, 0.05) is 13.1 Å². The zero-order chi connectivity index (χ0) is 10.9. The maximum atomic E-state index is 12.4. The van der Waals surface area contributed by atoms with Crippen LogP contribution in [0.5, 0.6) is 0 Å². The predicted octanol–water partition coefficient (Wildman–Crippen LogP) is -0.564. The standard InChI is InChI=1S/C7H12F3N3O/c8-7(9,10)5(3-11)13-2-1-4(13)6(12)14/h4-5H,1-3,11H2,(H2,12,14). The molecule has 1 aliphatic rings. The van der Waals surface area contributed by atoms with E-state index in [0.29, 0.717) is 6.42 Å². The molecule has 0 aromatic heterocycles. The van der Waals surface area contributed by atoms with E-state index < -0.39 is 30.7 Å². The number of hydrogen-bond donors (Lipinski definition) is 2. The molecular formula is C7H12F3N3O. The van der Waals surface area contributed by atoms with E-state index in [1.807, 2.05) is 0 Å². The van der Waals surface area contributed by atoms with Gasteiger partial charge in [0.05, 0.1) is 6.04 Å². The smallest absolute Gasteiger partial charge is 0.368 e. The molecule has 0 spiro atoms. The van der Waals surface area contributed by atoms with Crippen molar-refractivity contribution >= 4 is 5.91 Å². The van der Waals surface area contributed by atoms with Crippen LogP contribution in [0.15, 0.2) is 0 Å². The molecule has 0 saturated carbocycles. The van der Waals surface area contributed by atoms with Gasteiger partial charge >= 0.3 is 6.18 Å². The fourth-order valence-corrected chi connectivity index (χ4v) is 1.54. The van der Waals surface area contributed by atoms with Crippen LogP contribution < -0.4 is 11.5 Å². The molecule has 0 aromatic rings. The fraction of sp³-hybridized carbons (Fsp3) is 0.857. The van der Waals surface area contributed by atoms with Crippen molar-refractivity contribution in [2.45, 2.75) is 24.7 Å². The highest BCUT2D eigenvalue weighted by Gasteiger charge is 2.49. The lowest BCUT2D eigenvalue weighted by Gasteiger charge is -2.44. The number of nitrogens with zero attached hydrogens (tertiary/aromatic N) is 1. The molecule has 0 radical (unpaired) electrons. The monoisotopic (exact) mass is 211 g/mol. The van der Waals surface area contributed by atoms with Crippen molar-refractivity contribution in [3.05, 3.63) is 0 Å². The van der Waals surface area contributed by atoms with Crippen molar-refractivity contribution in [1.82, 2.24) is 4.90 Å². The number of halogens is 3. The molecule has 14 heavy (non-hydrogen) atoms. The Labute approximate surface area is 79.0 Å². The Kier molecular flexibility index (Phi) is 3.01. The number of rotatable bonds is 3. The van der Waals surface area contributed by atoms with Gasteiger partial charge in [0.2, 0.25) is 5.91 Å². The minimum Gasteiger partial charge on any atom is -0.368 e. The zero-order valence-corrected chi connectivity index (χ0v) is 7.42. The highest BCUT2D eigenvalue weighted by molar-refractivity contribution is 5.80. The Balaban J connectivity index is 2.67. The second kappa shape index (κ2) is 3.74. The topological polar surface area (TPSA) is 72.3 Å². The number of amides is 1. The van der Waals surface area contributed by atoms with Gasteiger partial charge in [-0.1, -0.05) is 0 Å². The van der Waals surface area contributed by atoms with Crippen LogP contribution in [0.25, 0.3) is 0 Å². The lowest BCUT2D eigenvalue weighted by atomic mass is 9.99. The van der Waals surface area contributed by atoms with Gasteiger partial charge in [-0.2, -0.15) is 13.2 Å². The Bertz CT molecular complexity index is 231. The van der Waals surface area contributed by atoms with Crippen LogP contribution in [-0.2, 0) is 4.79 Å². The Hall–Kier alpha value is -0.820. The molecular weight excluding hydrogens is 199 g/mol. The van der Waals surface area contributed by atoms with Gasteiger partial charge in [-0.15, -0.1) is 0 Å². The third-order valence-corrected chi connectivity index (χ3v) is 2.39. The maximum Gasteiger partial charge on any atom is 0.405 e. The van der Waals surface area contributed by atoms with Crippen LogP contribution in [0.1, 0.15) is 6.42 Å². The molecule has 1 fully saturated rings. The minimum absolute atomic E-state index is 0.217. The molecule has 7 heteroatoms. The molecule has 1 amide bonds. The zero-order valence-electron chi connectivity index (χ0n) is 7.42. The summed E-state index contributed by atoms with van der Waals surface area (Å²) in [6.07, 6.45) is -4.02. The molecule has 1 saturated heterocycles. The highest BCUT2D eigenvalue weighted by Crippen LogP contribution is 2.30. The number of carbonyl (C=O) groups is 1. The van der Waals surface area contributed by atoms with Crippen molar-refractivity contribution in [3.63, 3.8) is 0 Å². The fourth-order valence-electron chi connectivity index (χ4n) is 1.54. The summed E-state index contributed by atoms with van der Waals surface area (Å²) in [6, 6.07) is -2.57. The molecule has 1 rings (SSSR count). The summed E-state index contributed by atoms with van der Waals surface area (Å²) in [5.74, 6) is -0.723. The van der Waals surface area contributed by atoms with E-state index in [2.05, 4.69) is 0 Å². The normalized spacial score (nSPS) is 25.6. The number of nitrogens with two attached hydrogens (primary N) is 2. The third-order valence-electron chi connectivity index (χ3n) is 2.39. The maximum absolute atomic E-state index is 12.4. The molecule has 2 unspecified atom stereocenters. The van der Waals surface area contributed by atoms with E-state index in [9.17, 15) is 18.0 Å². The predicted molar refractivity (Wildman–Crippen MR) is 43.2 cm³/mol. The number of likely N-dealkylation sites (tertiary alicyclic amines) is 1. The SMILES string of the molecule is NCC(N1CCC1C(N)=O)C(F)(F)F. The summed E-state index contributed by atoms with van der Waals surface area (Å²) in [4.78, 5) is 11.7. The van der Waals surface area contributed by atoms with E-state index in [1.54, 1.807) is 0 Å². The van der Waals surface area contributed by atoms with Gasteiger partial charge in [-0.25, -0.2) is 0 Å². The van der Waals surface area contributed by atoms with Gasteiger partial charge < -0.3 is 11.5 Å². The molecule has 1 aliphatic heterocycles. The molecule has 4 N–H and O–H groups in total. The van der Waals surface area contributed by atoms with Crippen LogP contribution in [-0.4, -0.2) is 42.2 Å². The van der Waals surface area contributed by atoms with Gasteiger partial charge in [0.25, 0.3) is 0 Å². The Morgan fingerprint density at radius 2 is 2.14 bits per heavy atom. The minimum atomic E-state index is -4.40. The lowest BCUT2D eigenvalue weighted by molar-refractivity contribution is -0.199. The average molecular weight is 211 g/mol. The van der Waals surface area contributed by atoms with Gasteiger partial charge in [0.1, 0.15) is 6.04 Å². The second-order valence-electron chi connectivity index (χ2n) is 3.24. The average Bonchev–Trinajstić information content (AvgIpc) is 1.93. The van der Waals surface area contributed by atoms with Gasteiger partial charge in [0.15, 0.2) is 0 Å². The molecule has 82 valence electrons. The molecule has 1 heterocycles. The number of primary amides is 1. The van der Waals surface area contributed by atoms with Crippen LogP contribution in [0.2, 0.25) is 0 Å². The summed E-state index contributed by atoms with van der Waals surface area (Å²) in [5.41, 5.74) is 9.95. The van der Waals surface area contributed by atoms with E-state index in [0.717, 1.165) is 4.90 Å². The van der Waals surface area contributed by atoms with Crippen molar-refractivity contribution in [1.29, 1.82) is 0 Å².